The molecule has 1 aliphatic rings. The lowest BCUT2D eigenvalue weighted by atomic mass is 10.1. The molecule has 4 rings (SSSR count). The van der Waals surface area contributed by atoms with Gasteiger partial charge in [0.05, 0.1) is 12.3 Å². The first-order valence-electron chi connectivity index (χ1n) is 8.37. The van der Waals surface area contributed by atoms with Gasteiger partial charge in [0.15, 0.2) is 0 Å². The van der Waals surface area contributed by atoms with Crippen molar-refractivity contribution in [2.75, 3.05) is 13.2 Å². The van der Waals surface area contributed by atoms with Gasteiger partial charge in [-0.05, 0) is 41.3 Å². The number of fused-ring (bicyclic) bond motifs is 1. The molecule has 0 aromatic carbocycles. The summed E-state index contributed by atoms with van der Waals surface area (Å²) in [4.78, 5) is 20.1. The number of carbonyl (C=O) groups excluding carboxylic acids is 1. The Morgan fingerprint density at radius 2 is 2.37 bits per heavy atom. The Kier molecular flexibility index (Phi) is 5.01. The van der Waals surface area contributed by atoms with Crippen molar-refractivity contribution in [3.63, 3.8) is 0 Å². The SMILES string of the molecule is O=C(NCC1CCCO1)c1[nH]c2ncc(N=S(=O)=O)cc2c1-c1ccsc1. The van der Waals surface area contributed by atoms with E-state index >= 15 is 0 Å². The van der Waals surface area contributed by atoms with E-state index in [4.69, 9.17) is 4.74 Å². The lowest BCUT2D eigenvalue weighted by Crippen LogP contribution is -2.32. The van der Waals surface area contributed by atoms with E-state index in [0.717, 1.165) is 25.0 Å². The maximum Gasteiger partial charge on any atom is 0.316 e. The lowest BCUT2D eigenvalue weighted by molar-refractivity contribution is 0.0855. The van der Waals surface area contributed by atoms with E-state index in [0.29, 0.717) is 28.8 Å². The quantitative estimate of drug-likeness (QED) is 0.679. The highest BCUT2D eigenvalue weighted by Gasteiger charge is 2.22. The molecule has 0 saturated carbocycles. The predicted molar refractivity (Wildman–Crippen MR) is 102 cm³/mol. The van der Waals surface area contributed by atoms with E-state index in [-0.39, 0.29) is 17.7 Å². The summed E-state index contributed by atoms with van der Waals surface area (Å²) in [6, 6.07) is 3.51. The van der Waals surface area contributed by atoms with Crippen molar-refractivity contribution in [2.45, 2.75) is 18.9 Å². The number of H-pyrrole nitrogens is 1. The minimum atomic E-state index is -2.58. The molecule has 10 heteroatoms. The smallest absolute Gasteiger partial charge is 0.316 e. The summed E-state index contributed by atoms with van der Waals surface area (Å²) >= 11 is 1.51. The second-order valence-corrected chi connectivity index (χ2v) is 7.53. The first-order valence-corrected chi connectivity index (χ1v) is 10.3. The fraction of sp³-hybridized carbons (Fsp3) is 0.294. The summed E-state index contributed by atoms with van der Waals surface area (Å²) in [5.41, 5.74) is 2.62. The van der Waals surface area contributed by atoms with Crippen LogP contribution in [0.1, 0.15) is 23.3 Å². The van der Waals surface area contributed by atoms with Gasteiger partial charge in [-0.3, -0.25) is 4.79 Å². The Bertz CT molecular complexity index is 1110. The first kappa shape index (κ1) is 17.8. The van der Waals surface area contributed by atoms with Crippen LogP contribution in [0.25, 0.3) is 22.2 Å². The van der Waals surface area contributed by atoms with Crippen LogP contribution in [0.2, 0.25) is 0 Å². The van der Waals surface area contributed by atoms with Crippen LogP contribution < -0.4 is 5.32 Å². The maximum atomic E-state index is 12.8. The number of amides is 1. The normalized spacial score (nSPS) is 16.5. The van der Waals surface area contributed by atoms with Crippen LogP contribution in [0.3, 0.4) is 0 Å². The van der Waals surface area contributed by atoms with Crippen molar-refractivity contribution in [1.29, 1.82) is 0 Å². The van der Waals surface area contributed by atoms with E-state index in [1.807, 2.05) is 16.8 Å². The number of thiophene rings is 1. The molecule has 3 aromatic rings. The average Bonchev–Trinajstić information content (AvgIpc) is 3.38. The van der Waals surface area contributed by atoms with E-state index in [9.17, 15) is 13.2 Å². The van der Waals surface area contributed by atoms with Crippen LogP contribution in [0, 0.1) is 0 Å². The molecular weight excluding hydrogens is 388 g/mol. The van der Waals surface area contributed by atoms with Crippen LogP contribution >= 0.6 is 11.3 Å². The molecule has 3 aromatic heterocycles. The summed E-state index contributed by atoms with van der Waals surface area (Å²) in [5.74, 6) is -0.254. The highest BCUT2D eigenvalue weighted by atomic mass is 32.2. The molecule has 0 radical (unpaired) electrons. The second-order valence-electron chi connectivity index (χ2n) is 6.13. The average molecular weight is 404 g/mol. The van der Waals surface area contributed by atoms with Gasteiger partial charge in [0, 0.05) is 24.1 Å². The minimum Gasteiger partial charge on any atom is -0.376 e. The summed E-state index contributed by atoms with van der Waals surface area (Å²) in [7, 11) is -2.58. The van der Waals surface area contributed by atoms with Gasteiger partial charge >= 0.3 is 10.5 Å². The van der Waals surface area contributed by atoms with E-state index in [1.165, 1.54) is 17.5 Å². The van der Waals surface area contributed by atoms with Gasteiger partial charge in [-0.1, -0.05) is 0 Å². The topological polar surface area (TPSA) is 114 Å². The number of hydrogen-bond acceptors (Lipinski definition) is 7. The number of pyridine rings is 1. The molecule has 8 nitrogen and oxygen atoms in total. The second kappa shape index (κ2) is 7.59. The van der Waals surface area contributed by atoms with Crippen molar-refractivity contribution in [3.8, 4) is 11.1 Å². The molecule has 1 atom stereocenters. The molecule has 1 unspecified atom stereocenters. The number of nitrogens with zero attached hydrogens (tertiary/aromatic N) is 2. The summed E-state index contributed by atoms with van der Waals surface area (Å²) in [6.45, 7) is 1.17. The van der Waals surface area contributed by atoms with E-state index < -0.39 is 10.5 Å². The Labute approximate surface area is 160 Å². The Balaban J connectivity index is 1.75. The zero-order valence-electron chi connectivity index (χ0n) is 14.1. The van der Waals surface area contributed by atoms with Gasteiger partial charge in [0.25, 0.3) is 5.91 Å². The number of aromatic nitrogens is 2. The third-order valence-corrected chi connectivity index (χ3v) is 5.41. The maximum absolute atomic E-state index is 12.8. The van der Waals surface area contributed by atoms with Crippen molar-refractivity contribution >= 4 is 44.5 Å². The standard InChI is InChI=1S/C17H16N4O4S2/c22-17(19-8-12-2-1-4-25-12)15-14(10-3-5-26-9-10)13-6-11(21-27(23)24)7-18-16(13)20-15/h3,5-7,9,12H,1-2,4,8H2,(H,18,20)(H,19,22). The fourth-order valence-electron chi connectivity index (χ4n) is 3.17. The van der Waals surface area contributed by atoms with Crippen molar-refractivity contribution in [2.24, 2.45) is 4.36 Å². The van der Waals surface area contributed by atoms with Gasteiger partial charge in [-0.15, -0.1) is 4.36 Å². The largest absolute Gasteiger partial charge is 0.376 e. The third kappa shape index (κ3) is 3.77. The minimum absolute atomic E-state index is 0.0403. The van der Waals surface area contributed by atoms with E-state index in [1.54, 1.807) is 6.07 Å². The molecule has 0 aliphatic carbocycles. The van der Waals surface area contributed by atoms with Gasteiger partial charge in [-0.25, -0.2) is 4.98 Å². The molecule has 1 fully saturated rings. The van der Waals surface area contributed by atoms with Gasteiger partial charge in [0.1, 0.15) is 17.0 Å². The zero-order chi connectivity index (χ0) is 18.8. The van der Waals surface area contributed by atoms with E-state index in [2.05, 4.69) is 19.6 Å². The molecule has 1 amide bonds. The highest BCUT2D eigenvalue weighted by Crippen LogP contribution is 2.34. The summed E-state index contributed by atoms with van der Waals surface area (Å²) in [5, 5.41) is 7.39. The van der Waals surface area contributed by atoms with Crippen LogP contribution in [0.5, 0.6) is 0 Å². The summed E-state index contributed by atoms with van der Waals surface area (Å²) < 4.78 is 30.8. The molecule has 4 heterocycles. The molecule has 0 bridgehead atoms. The highest BCUT2D eigenvalue weighted by molar-refractivity contribution is 7.61. The third-order valence-electron chi connectivity index (χ3n) is 4.37. The van der Waals surface area contributed by atoms with Crippen LogP contribution in [-0.2, 0) is 15.2 Å². The van der Waals surface area contributed by atoms with Crippen molar-refractivity contribution < 1.29 is 17.9 Å². The number of nitrogens with one attached hydrogen (secondary N) is 2. The number of rotatable bonds is 5. The zero-order valence-corrected chi connectivity index (χ0v) is 15.8. The van der Waals surface area contributed by atoms with Gasteiger partial charge < -0.3 is 15.0 Å². The number of hydrogen-bond donors (Lipinski definition) is 2. The number of ether oxygens (including phenoxy) is 1. The number of carbonyl (C=O) groups is 1. The molecule has 0 spiro atoms. The molecule has 2 N–H and O–H groups in total. The van der Waals surface area contributed by atoms with Crippen LogP contribution in [0.4, 0.5) is 5.69 Å². The van der Waals surface area contributed by atoms with Gasteiger partial charge in [0.2, 0.25) is 0 Å². The van der Waals surface area contributed by atoms with Crippen LogP contribution in [0.15, 0.2) is 33.5 Å². The Morgan fingerprint density at radius 1 is 1.48 bits per heavy atom. The van der Waals surface area contributed by atoms with Crippen LogP contribution in [-0.4, -0.2) is 43.5 Å². The molecular formula is C17H16N4O4S2. The molecule has 1 saturated heterocycles. The number of aromatic amines is 1. The Hall–Kier alpha value is -2.56. The molecule has 1 aliphatic heterocycles. The molecule has 140 valence electrons. The first-order chi connectivity index (χ1) is 13.1. The Morgan fingerprint density at radius 3 is 3.07 bits per heavy atom. The fourth-order valence-corrected chi connectivity index (χ4v) is 4.09. The van der Waals surface area contributed by atoms with Gasteiger partial charge in [-0.2, -0.15) is 19.8 Å². The predicted octanol–water partition coefficient (Wildman–Crippen LogP) is 2.89. The summed E-state index contributed by atoms with van der Waals surface area (Å²) in [6.07, 6.45) is 3.33. The van der Waals surface area contributed by atoms with Crippen molar-refractivity contribution in [1.82, 2.24) is 15.3 Å². The lowest BCUT2D eigenvalue weighted by Gasteiger charge is -2.11. The monoisotopic (exact) mass is 404 g/mol. The molecule has 27 heavy (non-hydrogen) atoms. The van der Waals surface area contributed by atoms with Crippen molar-refractivity contribution in [3.05, 3.63) is 34.8 Å².